The molecule has 2 aromatic heterocycles. The van der Waals surface area contributed by atoms with Crippen LogP contribution in [-0.4, -0.2) is 21.9 Å². The molecule has 1 fully saturated rings. The van der Waals surface area contributed by atoms with Crippen molar-refractivity contribution in [2.45, 2.75) is 51.5 Å². The van der Waals surface area contributed by atoms with Gasteiger partial charge in [0.05, 0.1) is 22.5 Å². The zero-order valence-electron chi connectivity index (χ0n) is 15.7. The zero-order valence-corrected chi connectivity index (χ0v) is 15.7. The number of aryl methyl sites for hydroxylation is 1. The Labute approximate surface area is 160 Å². The van der Waals surface area contributed by atoms with E-state index in [1.807, 2.05) is 49.4 Å². The van der Waals surface area contributed by atoms with E-state index in [4.69, 9.17) is 4.98 Å². The fourth-order valence-electron chi connectivity index (χ4n) is 3.91. The second-order valence-electron chi connectivity index (χ2n) is 7.40. The van der Waals surface area contributed by atoms with E-state index in [-0.39, 0.29) is 11.9 Å². The van der Waals surface area contributed by atoms with Crippen molar-refractivity contribution < 1.29 is 4.79 Å². The van der Waals surface area contributed by atoms with Gasteiger partial charge in [-0.15, -0.1) is 0 Å². The molecule has 0 radical (unpaired) electrons. The smallest absolute Gasteiger partial charge is 0.252 e. The number of benzene rings is 1. The van der Waals surface area contributed by atoms with Crippen LogP contribution in [0.3, 0.4) is 0 Å². The molecule has 1 amide bonds. The van der Waals surface area contributed by atoms with Crippen molar-refractivity contribution in [2.24, 2.45) is 0 Å². The van der Waals surface area contributed by atoms with Crippen molar-refractivity contribution in [3.05, 3.63) is 59.8 Å². The fraction of sp³-hybridized carbons (Fsp3) is 0.348. The molecule has 1 aliphatic carbocycles. The summed E-state index contributed by atoms with van der Waals surface area (Å²) >= 11 is 0. The maximum absolute atomic E-state index is 13.2. The maximum Gasteiger partial charge on any atom is 0.252 e. The van der Waals surface area contributed by atoms with E-state index in [2.05, 4.69) is 10.3 Å². The number of nitrogens with one attached hydrogen (secondary N) is 1. The van der Waals surface area contributed by atoms with Gasteiger partial charge in [-0.2, -0.15) is 0 Å². The average Bonchev–Trinajstić information content (AvgIpc) is 2.97. The Hall–Kier alpha value is -2.75. The first-order chi connectivity index (χ1) is 13.2. The van der Waals surface area contributed by atoms with Crippen molar-refractivity contribution in [2.75, 3.05) is 0 Å². The fourth-order valence-corrected chi connectivity index (χ4v) is 3.91. The van der Waals surface area contributed by atoms with Crippen LogP contribution in [0.5, 0.6) is 0 Å². The van der Waals surface area contributed by atoms with E-state index >= 15 is 0 Å². The lowest BCUT2D eigenvalue weighted by molar-refractivity contribution is 0.0935. The first kappa shape index (κ1) is 17.7. The summed E-state index contributed by atoms with van der Waals surface area (Å²) in [5.41, 5.74) is 4.14. The molecule has 1 saturated carbocycles. The molecule has 0 unspecified atom stereocenters. The van der Waals surface area contributed by atoms with E-state index in [1.165, 1.54) is 25.7 Å². The second-order valence-corrected chi connectivity index (χ2v) is 7.40. The largest absolute Gasteiger partial charge is 0.349 e. The Morgan fingerprint density at radius 3 is 2.56 bits per heavy atom. The molecule has 4 nitrogen and oxygen atoms in total. The number of aromatic nitrogens is 2. The molecule has 2 heterocycles. The lowest BCUT2D eigenvalue weighted by atomic mass is 10.0. The third kappa shape index (κ3) is 3.85. The summed E-state index contributed by atoms with van der Waals surface area (Å²) in [4.78, 5) is 22.4. The van der Waals surface area contributed by atoms with Gasteiger partial charge in [0.2, 0.25) is 0 Å². The first-order valence-electron chi connectivity index (χ1n) is 9.85. The van der Waals surface area contributed by atoms with Gasteiger partial charge in [0, 0.05) is 17.6 Å². The van der Waals surface area contributed by atoms with Crippen LogP contribution in [0, 0.1) is 6.92 Å². The topological polar surface area (TPSA) is 54.9 Å². The average molecular weight is 359 g/mol. The lowest BCUT2D eigenvalue weighted by Crippen LogP contribution is -2.34. The molecular formula is C23H25N3O. The lowest BCUT2D eigenvalue weighted by Gasteiger charge is -2.18. The Bertz CT molecular complexity index is 944. The third-order valence-corrected chi connectivity index (χ3v) is 5.40. The summed E-state index contributed by atoms with van der Waals surface area (Å²) < 4.78 is 0. The van der Waals surface area contributed by atoms with Gasteiger partial charge < -0.3 is 5.32 Å². The molecule has 0 spiro atoms. The van der Waals surface area contributed by atoms with E-state index in [9.17, 15) is 4.79 Å². The second kappa shape index (κ2) is 7.87. The van der Waals surface area contributed by atoms with Crippen molar-refractivity contribution >= 4 is 16.8 Å². The summed E-state index contributed by atoms with van der Waals surface area (Å²) in [6.07, 6.45) is 8.83. The van der Waals surface area contributed by atoms with Gasteiger partial charge in [0.25, 0.3) is 5.91 Å². The van der Waals surface area contributed by atoms with Gasteiger partial charge in [-0.05, 0) is 43.5 Å². The summed E-state index contributed by atoms with van der Waals surface area (Å²) in [5, 5.41) is 4.18. The highest BCUT2D eigenvalue weighted by molar-refractivity contribution is 6.07. The van der Waals surface area contributed by atoms with Crippen LogP contribution in [-0.2, 0) is 0 Å². The van der Waals surface area contributed by atoms with E-state index in [0.717, 1.165) is 40.7 Å². The van der Waals surface area contributed by atoms with Crippen LogP contribution in [0.25, 0.3) is 22.3 Å². The monoisotopic (exact) mass is 359 g/mol. The van der Waals surface area contributed by atoms with Crippen molar-refractivity contribution in [3.8, 4) is 11.4 Å². The number of para-hydroxylation sites is 1. The molecule has 4 rings (SSSR count). The highest BCUT2D eigenvalue weighted by Gasteiger charge is 2.19. The molecule has 0 bridgehead atoms. The van der Waals surface area contributed by atoms with Gasteiger partial charge in [0.1, 0.15) is 0 Å². The highest BCUT2D eigenvalue weighted by atomic mass is 16.1. The predicted molar refractivity (Wildman–Crippen MR) is 109 cm³/mol. The van der Waals surface area contributed by atoms with Crippen LogP contribution in [0.4, 0.5) is 0 Å². The molecule has 1 N–H and O–H groups in total. The summed E-state index contributed by atoms with van der Waals surface area (Å²) in [5.74, 6) is -0.00270. The van der Waals surface area contributed by atoms with Gasteiger partial charge >= 0.3 is 0 Å². The number of amides is 1. The summed E-state index contributed by atoms with van der Waals surface area (Å²) in [6.45, 7) is 2.03. The molecule has 1 aliphatic rings. The Kier molecular flexibility index (Phi) is 5.14. The summed E-state index contributed by atoms with van der Waals surface area (Å²) in [7, 11) is 0. The Morgan fingerprint density at radius 1 is 1.00 bits per heavy atom. The number of hydrogen-bond donors (Lipinski definition) is 1. The van der Waals surface area contributed by atoms with Gasteiger partial charge in [-0.1, -0.05) is 49.9 Å². The van der Waals surface area contributed by atoms with E-state index in [0.29, 0.717) is 5.56 Å². The number of nitrogens with zero attached hydrogens (tertiary/aromatic N) is 2. The van der Waals surface area contributed by atoms with Crippen molar-refractivity contribution in [1.29, 1.82) is 0 Å². The number of pyridine rings is 2. The zero-order chi connectivity index (χ0) is 18.6. The molecular weight excluding hydrogens is 334 g/mol. The molecule has 0 aliphatic heterocycles. The minimum absolute atomic E-state index is 0.00270. The molecule has 0 saturated heterocycles. The first-order valence-corrected chi connectivity index (χ1v) is 9.85. The van der Waals surface area contributed by atoms with Crippen LogP contribution in [0.15, 0.2) is 48.7 Å². The van der Waals surface area contributed by atoms with Gasteiger partial charge in [-0.3, -0.25) is 9.78 Å². The van der Waals surface area contributed by atoms with Crippen LogP contribution < -0.4 is 5.32 Å². The summed E-state index contributed by atoms with van der Waals surface area (Å²) in [6, 6.07) is 13.9. The number of fused-ring (bicyclic) bond motifs is 1. The molecule has 1 aromatic carbocycles. The van der Waals surface area contributed by atoms with Gasteiger partial charge in [-0.25, -0.2) is 4.98 Å². The van der Waals surface area contributed by atoms with Crippen molar-refractivity contribution in [1.82, 2.24) is 15.3 Å². The van der Waals surface area contributed by atoms with Gasteiger partial charge in [0.15, 0.2) is 0 Å². The number of carbonyl (C=O) groups is 1. The van der Waals surface area contributed by atoms with Crippen LogP contribution >= 0.6 is 0 Å². The molecule has 3 aromatic rings. The normalized spacial score (nSPS) is 15.4. The third-order valence-electron chi connectivity index (χ3n) is 5.40. The number of rotatable bonds is 3. The minimum atomic E-state index is -0.00270. The Morgan fingerprint density at radius 2 is 1.81 bits per heavy atom. The SMILES string of the molecule is Cc1cccc2c(C(=O)NC3CCCCCC3)cc(-c3ccccn3)nc12. The molecule has 27 heavy (non-hydrogen) atoms. The maximum atomic E-state index is 13.2. The standard InChI is InChI=1S/C23H25N3O/c1-16-9-8-12-18-19(23(27)25-17-10-4-2-3-5-11-17)15-21(26-22(16)18)20-13-6-7-14-24-20/h6-9,12-15,17H,2-5,10-11H2,1H3,(H,25,27). The highest BCUT2D eigenvalue weighted by Crippen LogP contribution is 2.26. The predicted octanol–water partition coefficient (Wildman–Crippen LogP) is 5.06. The molecule has 4 heteroatoms. The quantitative estimate of drug-likeness (QED) is 0.665. The number of hydrogen-bond acceptors (Lipinski definition) is 3. The number of carbonyl (C=O) groups excluding carboxylic acids is 1. The van der Waals surface area contributed by atoms with E-state index in [1.54, 1.807) is 6.20 Å². The van der Waals surface area contributed by atoms with Crippen LogP contribution in [0.1, 0.15) is 54.4 Å². The van der Waals surface area contributed by atoms with Crippen LogP contribution in [0.2, 0.25) is 0 Å². The van der Waals surface area contributed by atoms with E-state index < -0.39 is 0 Å². The Balaban J connectivity index is 1.76. The molecule has 138 valence electrons. The minimum Gasteiger partial charge on any atom is -0.349 e. The molecule has 0 atom stereocenters. The van der Waals surface area contributed by atoms with Crippen molar-refractivity contribution in [3.63, 3.8) is 0 Å².